The van der Waals surface area contributed by atoms with Gasteiger partial charge in [-0.25, -0.2) is 15.1 Å². The topological polar surface area (TPSA) is 102 Å². The maximum Gasteiger partial charge on any atom is 0.336 e. The Morgan fingerprint density at radius 3 is 2.56 bits per heavy atom. The molecular weight excluding hydrogens is 128 g/mol. The summed E-state index contributed by atoms with van der Waals surface area (Å²) in [6.45, 7) is -0.594. The number of urea groups is 1. The third-order valence-electron chi connectivity index (χ3n) is 0.368. The van der Waals surface area contributed by atoms with Gasteiger partial charge in [0.2, 0.25) is 0 Å². The molecule has 0 spiro atoms. The minimum absolute atomic E-state index is 0.594. The van der Waals surface area contributed by atoms with E-state index in [0.29, 0.717) is 0 Å². The van der Waals surface area contributed by atoms with E-state index in [-0.39, 0.29) is 0 Å². The van der Waals surface area contributed by atoms with Crippen LogP contribution in [-0.4, -0.2) is 23.7 Å². The van der Waals surface area contributed by atoms with Gasteiger partial charge in [0.15, 0.2) is 6.61 Å². The number of hydrogen-bond acceptors (Lipinski definition) is 3. The Morgan fingerprint density at radius 2 is 2.22 bits per heavy atom. The highest BCUT2D eigenvalue weighted by Crippen LogP contribution is 1.65. The Balaban J connectivity index is 3.10. The van der Waals surface area contributed by atoms with Crippen molar-refractivity contribution in [1.29, 1.82) is 0 Å². The molecule has 0 aliphatic rings. The fourth-order valence-electron chi connectivity index (χ4n) is 0.169. The van der Waals surface area contributed by atoms with Crippen LogP contribution in [0.25, 0.3) is 0 Å². The van der Waals surface area contributed by atoms with Gasteiger partial charge in [0.25, 0.3) is 0 Å². The Bertz CT molecular complexity index is 109. The van der Waals surface area contributed by atoms with Crippen LogP contribution in [0.5, 0.6) is 0 Å². The van der Waals surface area contributed by atoms with Crippen molar-refractivity contribution >= 4 is 12.0 Å². The van der Waals surface area contributed by atoms with Crippen molar-refractivity contribution in [3.05, 3.63) is 0 Å². The molecule has 0 aromatic carbocycles. The van der Waals surface area contributed by atoms with E-state index in [1.165, 1.54) is 0 Å². The number of nitrogens with two attached hydrogens (primary N) is 1. The van der Waals surface area contributed by atoms with E-state index < -0.39 is 18.6 Å². The molecule has 0 aliphatic carbocycles. The highest BCUT2D eigenvalue weighted by Gasteiger charge is 1.96. The van der Waals surface area contributed by atoms with E-state index in [2.05, 4.69) is 10.6 Å². The number of carboxylic acids is 1. The molecule has 52 valence electrons. The first kappa shape index (κ1) is 7.70. The van der Waals surface area contributed by atoms with Gasteiger partial charge < -0.3 is 10.8 Å². The third-order valence-corrected chi connectivity index (χ3v) is 0.368. The minimum Gasteiger partial charge on any atom is -0.479 e. The molecule has 0 fully saturated rings. The Labute approximate surface area is 50.5 Å². The van der Waals surface area contributed by atoms with Gasteiger partial charge in [0.1, 0.15) is 0 Å². The molecule has 0 rings (SSSR count). The van der Waals surface area contributed by atoms with Gasteiger partial charge in [-0.2, -0.15) is 0 Å². The average Bonchev–Trinajstić information content (AvgIpc) is 1.63. The zero-order valence-electron chi connectivity index (χ0n) is 4.46. The van der Waals surface area contributed by atoms with Crippen LogP contribution in [0.2, 0.25) is 0 Å². The zero-order valence-corrected chi connectivity index (χ0v) is 4.46. The minimum atomic E-state index is -1.18. The summed E-state index contributed by atoms with van der Waals surface area (Å²) in [6, 6.07) is -0.920. The van der Waals surface area contributed by atoms with Crippen LogP contribution in [0.15, 0.2) is 0 Å². The summed E-state index contributed by atoms with van der Waals surface area (Å²) in [7, 11) is 0. The standard InChI is InChI=1S/C3H6N2O4/c4-3(8)5-9-1-2(6)7/h1H2,(H,6,7)(H3,4,5,8). The number of carboxylic acid groups (broad SMARTS) is 1. The Hall–Kier alpha value is -1.30. The summed E-state index contributed by atoms with van der Waals surface area (Å²) in [5, 5.41) is 7.91. The van der Waals surface area contributed by atoms with Crippen LogP contribution >= 0.6 is 0 Å². The van der Waals surface area contributed by atoms with E-state index in [1.807, 2.05) is 0 Å². The molecule has 9 heavy (non-hydrogen) atoms. The maximum absolute atomic E-state index is 9.77. The smallest absolute Gasteiger partial charge is 0.336 e. The largest absolute Gasteiger partial charge is 0.479 e. The highest BCUT2D eigenvalue weighted by atomic mass is 16.7. The number of carbonyl (C=O) groups excluding carboxylic acids is 1. The number of hydroxylamine groups is 1. The number of hydrogen-bond donors (Lipinski definition) is 3. The molecule has 0 radical (unpaired) electrons. The molecule has 0 saturated carbocycles. The fourth-order valence-corrected chi connectivity index (χ4v) is 0.169. The molecule has 0 unspecified atom stereocenters. The van der Waals surface area contributed by atoms with Crippen molar-refractivity contribution in [3.63, 3.8) is 0 Å². The lowest BCUT2D eigenvalue weighted by Gasteiger charge is -1.96. The predicted octanol–water partition coefficient (Wildman–Crippen LogP) is -1.33. The van der Waals surface area contributed by atoms with Crippen LogP contribution in [0.1, 0.15) is 0 Å². The van der Waals surface area contributed by atoms with Crippen LogP contribution in [0.4, 0.5) is 4.79 Å². The van der Waals surface area contributed by atoms with Crippen molar-refractivity contribution in [1.82, 2.24) is 5.48 Å². The number of nitrogens with one attached hydrogen (secondary N) is 1. The summed E-state index contributed by atoms with van der Waals surface area (Å²) in [5.41, 5.74) is 6.15. The number of carbonyl (C=O) groups is 2. The Morgan fingerprint density at radius 1 is 1.67 bits per heavy atom. The first-order valence-corrected chi connectivity index (χ1v) is 2.02. The molecule has 2 amide bonds. The number of aliphatic carboxylic acids is 1. The van der Waals surface area contributed by atoms with E-state index >= 15 is 0 Å². The molecule has 0 heterocycles. The molecule has 4 N–H and O–H groups in total. The summed E-state index contributed by atoms with van der Waals surface area (Å²) >= 11 is 0. The molecule has 0 saturated heterocycles. The average molecular weight is 134 g/mol. The van der Waals surface area contributed by atoms with Gasteiger partial charge in [0, 0.05) is 0 Å². The lowest BCUT2D eigenvalue weighted by molar-refractivity contribution is -0.143. The SMILES string of the molecule is NC(=O)NOCC(=O)O. The normalized spacial score (nSPS) is 8.44. The highest BCUT2D eigenvalue weighted by molar-refractivity contribution is 5.71. The monoisotopic (exact) mass is 134 g/mol. The first-order chi connectivity index (χ1) is 4.13. The molecule has 0 aromatic rings. The van der Waals surface area contributed by atoms with E-state index in [1.54, 1.807) is 5.48 Å². The van der Waals surface area contributed by atoms with Crippen molar-refractivity contribution in [3.8, 4) is 0 Å². The van der Waals surface area contributed by atoms with Gasteiger partial charge in [0.05, 0.1) is 0 Å². The quantitative estimate of drug-likeness (QED) is 0.416. The molecule has 6 heteroatoms. The summed E-state index contributed by atoms with van der Waals surface area (Å²) in [6.07, 6.45) is 0. The van der Waals surface area contributed by atoms with Crippen LogP contribution < -0.4 is 11.2 Å². The number of primary amides is 1. The van der Waals surface area contributed by atoms with Crippen molar-refractivity contribution in [2.24, 2.45) is 5.73 Å². The molecular formula is C3H6N2O4. The predicted molar refractivity (Wildman–Crippen MR) is 26.3 cm³/mol. The lowest BCUT2D eigenvalue weighted by Crippen LogP contribution is -2.31. The fraction of sp³-hybridized carbons (Fsp3) is 0.333. The zero-order chi connectivity index (χ0) is 7.28. The second kappa shape index (κ2) is 3.67. The Kier molecular flexibility index (Phi) is 3.14. The van der Waals surface area contributed by atoms with E-state index in [0.717, 1.165) is 0 Å². The van der Waals surface area contributed by atoms with E-state index in [9.17, 15) is 9.59 Å². The van der Waals surface area contributed by atoms with Gasteiger partial charge in [-0.1, -0.05) is 0 Å². The number of rotatable bonds is 3. The second-order valence-corrected chi connectivity index (χ2v) is 1.15. The lowest BCUT2D eigenvalue weighted by atomic mass is 10.8. The van der Waals surface area contributed by atoms with Gasteiger partial charge in [-0.3, -0.25) is 4.84 Å². The summed E-state index contributed by atoms with van der Waals surface area (Å²) in [4.78, 5) is 23.5. The van der Waals surface area contributed by atoms with Crippen molar-refractivity contribution < 1.29 is 19.5 Å². The maximum atomic E-state index is 9.77. The van der Waals surface area contributed by atoms with Crippen LogP contribution in [0.3, 0.4) is 0 Å². The second-order valence-electron chi connectivity index (χ2n) is 1.15. The third kappa shape index (κ3) is 6.70. The molecule has 6 nitrogen and oxygen atoms in total. The molecule has 0 aromatic heterocycles. The first-order valence-electron chi connectivity index (χ1n) is 2.02. The summed E-state index contributed by atoms with van der Waals surface area (Å²) < 4.78 is 0. The molecule has 0 bridgehead atoms. The van der Waals surface area contributed by atoms with Gasteiger partial charge in [-0.15, -0.1) is 0 Å². The molecule has 0 atom stereocenters. The van der Waals surface area contributed by atoms with Crippen LogP contribution in [-0.2, 0) is 9.63 Å². The van der Waals surface area contributed by atoms with Crippen molar-refractivity contribution in [2.75, 3.05) is 6.61 Å². The number of amides is 2. The van der Waals surface area contributed by atoms with Gasteiger partial charge >= 0.3 is 12.0 Å². The van der Waals surface area contributed by atoms with Crippen LogP contribution in [0, 0.1) is 0 Å². The molecule has 0 aliphatic heterocycles. The van der Waals surface area contributed by atoms with Crippen molar-refractivity contribution in [2.45, 2.75) is 0 Å². The van der Waals surface area contributed by atoms with E-state index in [4.69, 9.17) is 5.11 Å². The van der Waals surface area contributed by atoms with Gasteiger partial charge in [-0.05, 0) is 0 Å². The summed E-state index contributed by atoms with van der Waals surface area (Å²) in [5.74, 6) is -1.18.